The van der Waals surface area contributed by atoms with Gasteiger partial charge in [-0.2, -0.15) is 5.10 Å². The zero-order valence-electron chi connectivity index (χ0n) is 16.6. The van der Waals surface area contributed by atoms with Crippen LogP contribution in [0.25, 0.3) is 16.8 Å². The summed E-state index contributed by atoms with van der Waals surface area (Å²) in [5, 5.41) is 7.18. The number of fused-ring (bicyclic) bond motifs is 1. The lowest BCUT2D eigenvalue weighted by atomic mass is 10.1. The first-order valence-corrected chi connectivity index (χ1v) is 9.47. The van der Waals surface area contributed by atoms with Crippen LogP contribution in [0.15, 0.2) is 71.8 Å². The molecule has 0 saturated carbocycles. The highest BCUT2D eigenvalue weighted by molar-refractivity contribution is 5.97. The Morgan fingerprint density at radius 3 is 2.53 bits per heavy atom. The molecule has 7 nitrogen and oxygen atoms in total. The number of amides is 1. The van der Waals surface area contributed by atoms with Crippen molar-refractivity contribution < 1.29 is 9.59 Å². The van der Waals surface area contributed by atoms with E-state index in [4.69, 9.17) is 0 Å². The van der Waals surface area contributed by atoms with Gasteiger partial charge in [0.05, 0.1) is 5.69 Å². The van der Waals surface area contributed by atoms with E-state index in [0.717, 1.165) is 11.1 Å². The second-order valence-electron chi connectivity index (χ2n) is 7.14. The van der Waals surface area contributed by atoms with Gasteiger partial charge in [-0.25, -0.2) is 4.52 Å². The molecule has 0 radical (unpaired) electrons. The van der Waals surface area contributed by atoms with E-state index < -0.39 is 0 Å². The predicted molar refractivity (Wildman–Crippen MR) is 115 cm³/mol. The fourth-order valence-corrected chi connectivity index (χ4v) is 3.19. The standard InChI is InChI=1S/C23H20N4O3/c1-15-6-8-17(9-7-15)20-13-21-23(30)26(10-11-27(21)25-20)14-22(29)24-19-5-3-4-18(12-19)16(2)28/h3-13H,14H2,1-2H3,(H,24,29). The Morgan fingerprint density at radius 1 is 1.03 bits per heavy atom. The van der Waals surface area contributed by atoms with E-state index in [0.29, 0.717) is 22.5 Å². The van der Waals surface area contributed by atoms with Gasteiger partial charge in [0.1, 0.15) is 12.1 Å². The van der Waals surface area contributed by atoms with Gasteiger partial charge in [-0.1, -0.05) is 42.0 Å². The highest BCUT2D eigenvalue weighted by Gasteiger charge is 2.12. The number of carbonyl (C=O) groups excluding carboxylic acids is 2. The van der Waals surface area contributed by atoms with Crippen molar-refractivity contribution in [3.63, 3.8) is 0 Å². The van der Waals surface area contributed by atoms with Crippen molar-refractivity contribution in [2.24, 2.45) is 0 Å². The van der Waals surface area contributed by atoms with Crippen LogP contribution in [0, 0.1) is 6.92 Å². The second kappa shape index (κ2) is 7.79. The first kappa shape index (κ1) is 19.3. The summed E-state index contributed by atoms with van der Waals surface area (Å²) in [5.41, 5.74) is 3.84. The normalized spacial score (nSPS) is 10.9. The maximum absolute atomic E-state index is 12.8. The number of nitrogens with one attached hydrogen (secondary N) is 1. The van der Waals surface area contributed by atoms with Crippen molar-refractivity contribution in [2.75, 3.05) is 5.32 Å². The van der Waals surface area contributed by atoms with Crippen molar-refractivity contribution in [2.45, 2.75) is 20.4 Å². The van der Waals surface area contributed by atoms with Gasteiger partial charge < -0.3 is 9.88 Å². The molecule has 2 aromatic carbocycles. The number of ketones is 1. The Kier molecular flexibility index (Phi) is 5.02. The quantitative estimate of drug-likeness (QED) is 0.521. The lowest BCUT2D eigenvalue weighted by Crippen LogP contribution is -2.28. The SMILES string of the molecule is CC(=O)c1cccc(NC(=O)Cn2ccn3nc(-c4ccc(C)cc4)cc3c2=O)c1. The number of hydrogen-bond donors (Lipinski definition) is 1. The number of benzene rings is 2. The number of carbonyl (C=O) groups is 2. The van der Waals surface area contributed by atoms with E-state index in [1.807, 2.05) is 31.2 Å². The van der Waals surface area contributed by atoms with Crippen LogP contribution in [0.1, 0.15) is 22.8 Å². The van der Waals surface area contributed by atoms with Crippen LogP contribution in [-0.2, 0) is 11.3 Å². The summed E-state index contributed by atoms with van der Waals surface area (Å²) in [4.78, 5) is 36.8. The molecule has 0 saturated heterocycles. The summed E-state index contributed by atoms with van der Waals surface area (Å²) in [7, 11) is 0. The van der Waals surface area contributed by atoms with Crippen molar-refractivity contribution in [1.29, 1.82) is 0 Å². The Balaban J connectivity index is 1.57. The van der Waals surface area contributed by atoms with E-state index in [1.54, 1.807) is 36.5 Å². The third-order valence-electron chi connectivity index (χ3n) is 4.82. The molecule has 7 heteroatoms. The topological polar surface area (TPSA) is 85.5 Å². The third-order valence-corrected chi connectivity index (χ3v) is 4.82. The van der Waals surface area contributed by atoms with Crippen LogP contribution in [-0.4, -0.2) is 25.9 Å². The number of anilines is 1. The molecule has 0 atom stereocenters. The molecule has 0 aliphatic carbocycles. The van der Waals surface area contributed by atoms with Crippen LogP contribution in [0.3, 0.4) is 0 Å². The highest BCUT2D eigenvalue weighted by Crippen LogP contribution is 2.19. The maximum atomic E-state index is 12.8. The molecule has 30 heavy (non-hydrogen) atoms. The third kappa shape index (κ3) is 3.91. The molecule has 0 aliphatic heterocycles. The lowest BCUT2D eigenvalue weighted by molar-refractivity contribution is -0.116. The van der Waals surface area contributed by atoms with Crippen LogP contribution < -0.4 is 10.9 Å². The molecule has 4 aromatic rings. The highest BCUT2D eigenvalue weighted by atomic mass is 16.2. The number of aromatic nitrogens is 3. The minimum Gasteiger partial charge on any atom is -0.325 e. The molecule has 1 N–H and O–H groups in total. The molecule has 0 unspecified atom stereocenters. The van der Waals surface area contributed by atoms with Crippen molar-refractivity contribution >= 4 is 22.9 Å². The smallest absolute Gasteiger partial charge is 0.277 e. The summed E-state index contributed by atoms with van der Waals surface area (Å²) in [6.45, 7) is 3.32. The monoisotopic (exact) mass is 400 g/mol. The van der Waals surface area contributed by atoms with Crippen LogP contribution >= 0.6 is 0 Å². The zero-order chi connectivity index (χ0) is 21.3. The van der Waals surface area contributed by atoms with Gasteiger partial charge in [-0.3, -0.25) is 14.4 Å². The minimum atomic E-state index is -0.361. The van der Waals surface area contributed by atoms with Crippen LogP contribution in [0.4, 0.5) is 5.69 Å². The van der Waals surface area contributed by atoms with Gasteiger partial charge in [0.25, 0.3) is 5.56 Å². The fraction of sp³-hybridized carbons (Fsp3) is 0.130. The van der Waals surface area contributed by atoms with E-state index in [-0.39, 0.29) is 23.8 Å². The molecular formula is C23H20N4O3. The Bertz CT molecular complexity index is 1320. The summed E-state index contributed by atoms with van der Waals surface area (Å²) in [6, 6.07) is 16.3. The molecular weight excluding hydrogens is 380 g/mol. The number of rotatable bonds is 5. The molecule has 2 heterocycles. The molecule has 0 aliphatic rings. The molecule has 2 aromatic heterocycles. The van der Waals surface area contributed by atoms with Gasteiger partial charge in [0.2, 0.25) is 5.91 Å². The Labute approximate surface area is 172 Å². The summed E-state index contributed by atoms with van der Waals surface area (Å²) in [6.07, 6.45) is 3.19. The van der Waals surface area contributed by atoms with E-state index in [9.17, 15) is 14.4 Å². The molecule has 1 amide bonds. The number of aryl methyl sites for hydroxylation is 1. The Hall–Kier alpha value is -4.00. The fourth-order valence-electron chi connectivity index (χ4n) is 3.19. The molecule has 0 bridgehead atoms. The van der Waals surface area contributed by atoms with Gasteiger partial charge in [0.15, 0.2) is 5.78 Å². The number of Topliss-reactive ketones (excluding diaryl/α,β-unsaturated/α-hetero) is 1. The van der Waals surface area contributed by atoms with Gasteiger partial charge in [-0.05, 0) is 32.0 Å². The minimum absolute atomic E-state index is 0.0853. The molecule has 150 valence electrons. The first-order valence-electron chi connectivity index (χ1n) is 9.47. The largest absolute Gasteiger partial charge is 0.325 e. The van der Waals surface area contributed by atoms with E-state index >= 15 is 0 Å². The predicted octanol–water partition coefficient (Wildman–Crippen LogP) is 3.31. The van der Waals surface area contributed by atoms with Crippen molar-refractivity contribution in [3.8, 4) is 11.3 Å². The first-order chi connectivity index (χ1) is 14.4. The van der Waals surface area contributed by atoms with Crippen LogP contribution in [0.5, 0.6) is 0 Å². The van der Waals surface area contributed by atoms with Gasteiger partial charge in [-0.15, -0.1) is 0 Å². The second-order valence-corrected chi connectivity index (χ2v) is 7.14. The van der Waals surface area contributed by atoms with E-state index in [1.165, 1.54) is 22.2 Å². The molecule has 4 rings (SSSR count). The maximum Gasteiger partial charge on any atom is 0.277 e. The average molecular weight is 400 g/mol. The van der Waals surface area contributed by atoms with E-state index in [2.05, 4.69) is 10.4 Å². The van der Waals surface area contributed by atoms with Gasteiger partial charge in [0, 0.05) is 29.2 Å². The van der Waals surface area contributed by atoms with Gasteiger partial charge >= 0.3 is 0 Å². The summed E-state index contributed by atoms with van der Waals surface area (Å²) in [5.74, 6) is -0.446. The zero-order valence-corrected chi connectivity index (χ0v) is 16.6. The van der Waals surface area contributed by atoms with Crippen molar-refractivity contribution in [3.05, 3.63) is 88.5 Å². The van der Waals surface area contributed by atoms with Crippen molar-refractivity contribution in [1.82, 2.24) is 14.2 Å². The number of nitrogens with zero attached hydrogens (tertiary/aromatic N) is 3. The lowest BCUT2D eigenvalue weighted by Gasteiger charge is -2.08. The average Bonchev–Trinajstić information content (AvgIpc) is 3.16. The van der Waals surface area contributed by atoms with Crippen LogP contribution in [0.2, 0.25) is 0 Å². The Morgan fingerprint density at radius 2 is 1.80 bits per heavy atom. The summed E-state index contributed by atoms with van der Waals surface area (Å²) < 4.78 is 2.85. The molecule has 0 fully saturated rings. The summed E-state index contributed by atoms with van der Waals surface area (Å²) >= 11 is 0. The molecule has 0 spiro atoms. The number of hydrogen-bond acceptors (Lipinski definition) is 4.